The van der Waals surface area contributed by atoms with Crippen molar-refractivity contribution < 1.29 is 13.2 Å². The van der Waals surface area contributed by atoms with Crippen molar-refractivity contribution in [2.24, 2.45) is 0 Å². The van der Waals surface area contributed by atoms with E-state index in [0.29, 0.717) is 11.3 Å². The van der Waals surface area contributed by atoms with Crippen LogP contribution < -0.4 is 10.4 Å². The Bertz CT molecular complexity index is 1720. The van der Waals surface area contributed by atoms with E-state index in [1.807, 2.05) is 96.0 Å². The van der Waals surface area contributed by atoms with Gasteiger partial charge in [0.25, 0.3) is 0 Å². The van der Waals surface area contributed by atoms with Crippen molar-refractivity contribution in [3.8, 4) is 11.1 Å². The summed E-state index contributed by atoms with van der Waals surface area (Å²) in [6.07, 6.45) is 0. The van der Waals surface area contributed by atoms with Gasteiger partial charge in [-0.25, -0.2) is 8.42 Å². The molecule has 0 aliphatic carbocycles. The number of hydrazine groups is 1. The smallest absolute Gasteiger partial charge is 0.208 e. The first-order valence-corrected chi connectivity index (χ1v) is 13.3. The number of carbonyl (C=O) groups is 1. The summed E-state index contributed by atoms with van der Waals surface area (Å²) >= 11 is 0. The van der Waals surface area contributed by atoms with Crippen molar-refractivity contribution in [2.45, 2.75) is 9.79 Å². The van der Waals surface area contributed by atoms with Gasteiger partial charge in [0.2, 0.25) is 9.84 Å². The van der Waals surface area contributed by atoms with E-state index in [1.54, 1.807) is 30.3 Å². The molecular weight excluding hydrogens is 480 g/mol. The molecule has 1 N–H and O–H groups in total. The Morgan fingerprint density at radius 2 is 1.16 bits per heavy atom. The standard InChI is InChI=1S/C31H22N2O3S/c34-31-25-18-10-11-19-27(25)37(35,36)28-21-20-26(29(30(28)31)22-12-4-1-5-13-22)33(24-16-8-3-9-17-24)32-23-14-6-2-7-15-23/h1-21,32H. The number of carbonyl (C=O) groups excluding carboxylic acids is 1. The highest BCUT2D eigenvalue weighted by molar-refractivity contribution is 7.91. The molecule has 6 heteroatoms. The highest BCUT2D eigenvalue weighted by Crippen LogP contribution is 2.45. The highest BCUT2D eigenvalue weighted by Gasteiger charge is 2.38. The Morgan fingerprint density at radius 1 is 0.568 bits per heavy atom. The number of para-hydroxylation sites is 2. The molecule has 0 fully saturated rings. The van der Waals surface area contributed by atoms with Crippen molar-refractivity contribution in [1.82, 2.24) is 0 Å². The summed E-state index contributed by atoms with van der Waals surface area (Å²) in [5, 5.41) is 1.89. The van der Waals surface area contributed by atoms with Crippen LogP contribution in [-0.2, 0) is 9.84 Å². The van der Waals surface area contributed by atoms with Gasteiger partial charge in [-0.2, -0.15) is 0 Å². The number of ketones is 1. The molecule has 37 heavy (non-hydrogen) atoms. The number of nitrogens with one attached hydrogen (secondary N) is 1. The Labute approximate surface area is 215 Å². The second-order valence-corrected chi connectivity index (χ2v) is 10.6. The SMILES string of the molecule is O=C1c2ccccc2S(=O)(=O)c2ccc(N(Nc3ccccc3)c3ccccc3)c(-c3ccccc3)c21. The fraction of sp³-hybridized carbons (Fsp3) is 0. The van der Waals surface area contributed by atoms with Crippen LogP contribution in [0.5, 0.6) is 0 Å². The number of rotatable bonds is 5. The van der Waals surface area contributed by atoms with Crippen LogP contribution in [0.2, 0.25) is 0 Å². The molecule has 180 valence electrons. The lowest BCUT2D eigenvalue weighted by Gasteiger charge is -2.31. The van der Waals surface area contributed by atoms with Gasteiger partial charge in [0.1, 0.15) is 0 Å². The molecule has 0 saturated carbocycles. The van der Waals surface area contributed by atoms with Crippen molar-refractivity contribution in [1.29, 1.82) is 0 Å². The molecular formula is C31H22N2O3S. The lowest BCUT2D eigenvalue weighted by atomic mass is 9.91. The van der Waals surface area contributed by atoms with E-state index < -0.39 is 9.84 Å². The first kappa shape index (κ1) is 22.8. The number of benzene rings is 5. The molecule has 0 saturated heterocycles. The molecule has 5 aromatic rings. The van der Waals surface area contributed by atoms with Crippen LogP contribution in [0.25, 0.3) is 11.1 Å². The second-order valence-electron chi connectivity index (χ2n) is 8.68. The Morgan fingerprint density at radius 3 is 1.86 bits per heavy atom. The van der Waals surface area contributed by atoms with Gasteiger partial charge in [-0.1, -0.05) is 78.9 Å². The predicted octanol–water partition coefficient (Wildman–Crippen LogP) is 6.90. The van der Waals surface area contributed by atoms with Crippen LogP contribution in [0.1, 0.15) is 15.9 Å². The first-order chi connectivity index (χ1) is 18.1. The molecule has 0 bridgehead atoms. The van der Waals surface area contributed by atoms with Gasteiger partial charge in [0.05, 0.1) is 32.4 Å². The van der Waals surface area contributed by atoms with Gasteiger partial charge in [0.15, 0.2) is 5.78 Å². The Balaban J connectivity index is 1.67. The van der Waals surface area contributed by atoms with E-state index in [0.717, 1.165) is 16.9 Å². The molecule has 0 spiro atoms. The van der Waals surface area contributed by atoms with Gasteiger partial charge in [-0.05, 0) is 54.1 Å². The molecule has 0 unspecified atom stereocenters. The maximum Gasteiger partial charge on any atom is 0.208 e. The van der Waals surface area contributed by atoms with Gasteiger partial charge in [-0.15, -0.1) is 0 Å². The van der Waals surface area contributed by atoms with Crippen LogP contribution in [0, 0.1) is 0 Å². The Kier molecular flexibility index (Phi) is 5.58. The number of hydrogen-bond donors (Lipinski definition) is 1. The van der Waals surface area contributed by atoms with Crippen molar-refractivity contribution in [2.75, 3.05) is 10.4 Å². The zero-order valence-electron chi connectivity index (χ0n) is 19.7. The van der Waals surface area contributed by atoms with Gasteiger partial charge < -0.3 is 0 Å². The van der Waals surface area contributed by atoms with Gasteiger partial charge in [-0.3, -0.25) is 15.2 Å². The van der Waals surface area contributed by atoms with Crippen LogP contribution in [0.3, 0.4) is 0 Å². The summed E-state index contributed by atoms with van der Waals surface area (Å²) in [6.45, 7) is 0. The first-order valence-electron chi connectivity index (χ1n) is 11.8. The minimum Gasteiger partial charge on any atom is -0.294 e. The number of anilines is 3. The summed E-state index contributed by atoms with van der Waals surface area (Å²) in [6, 6.07) is 38.6. The molecule has 1 heterocycles. The summed E-state index contributed by atoms with van der Waals surface area (Å²) in [4.78, 5) is 14.0. The number of hydrogen-bond acceptors (Lipinski definition) is 5. The average Bonchev–Trinajstić information content (AvgIpc) is 2.96. The molecule has 0 radical (unpaired) electrons. The highest BCUT2D eigenvalue weighted by atomic mass is 32.2. The fourth-order valence-corrected chi connectivity index (χ4v) is 6.39. The van der Waals surface area contributed by atoms with Crippen LogP contribution in [0.4, 0.5) is 17.1 Å². The second kappa shape index (κ2) is 9.08. The third-order valence-electron chi connectivity index (χ3n) is 6.42. The summed E-state index contributed by atoms with van der Waals surface area (Å²) in [5.74, 6) is -0.311. The monoisotopic (exact) mass is 502 g/mol. The van der Waals surface area contributed by atoms with E-state index in [2.05, 4.69) is 5.43 Å². The number of sulfone groups is 1. The minimum absolute atomic E-state index is 0.0199. The number of nitrogens with zero attached hydrogens (tertiary/aromatic N) is 1. The zero-order valence-corrected chi connectivity index (χ0v) is 20.5. The van der Waals surface area contributed by atoms with E-state index >= 15 is 0 Å². The van der Waals surface area contributed by atoms with Crippen LogP contribution >= 0.6 is 0 Å². The van der Waals surface area contributed by atoms with Crippen molar-refractivity contribution in [3.05, 3.63) is 139 Å². The van der Waals surface area contributed by atoms with Crippen molar-refractivity contribution in [3.63, 3.8) is 0 Å². The minimum atomic E-state index is -3.89. The third kappa shape index (κ3) is 3.88. The number of fused-ring (bicyclic) bond motifs is 2. The molecule has 0 aromatic heterocycles. The maximum atomic E-state index is 14.0. The predicted molar refractivity (Wildman–Crippen MR) is 146 cm³/mol. The molecule has 1 aliphatic heterocycles. The lowest BCUT2D eigenvalue weighted by Crippen LogP contribution is -2.27. The van der Waals surface area contributed by atoms with Gasteiger partial charge in [0, 0.05) is 11.1 Å². The van der Waals surface area contributed by atoms with Crippen LogP contribution in [-0.4, -0.2) is 14.2 Å². The quantitative estimate of drug-likeness (QED) is 0.260. The summed E-state index contributed by atoms with van der Waals surface area (Å²) < 4.78 is 27.4. The average molecular weight is 503 g/mol. The van der Waals surface area contributed by atoms with E-state index in [9.17, 15) is 13.2 Å². The summed E-state index contributed by atoms with van der Waals surface area (Å²) in [5.41, 5.74) is 7.44. The largest absolute Gasteiger partial charge is 0.294 e. The molecule has 5 nitrogen and oxygen atoms in total. The topological polar surface area (TPSA) is 66.5 Å². The molecule has 6 rings (SSSR count). The van der Waals surface area contributed by atoms with E-state index in [1.165, 1.54) is 6.07 Å². The van der Waals surface area contributed by atoms with E-state index in [4.69, 9.17) is 0 Å². The summed E-state index contributed by atoms with van der Waals surface area (Å²) in [7, 11) is -3.89. The molecule has 0 atom stereocenters. The van der Waals surface area contributed by atoms with Gasteiger partial charge >= 0.3 is 0 Å². The van der Waals surface area contributed by atoms with Crippen LogP contribution in [0.15, 0.2) is 137 Å². The maximum absolute atomic E-state index is 14.0. The lowest BCUT2D eigenvalue weighted by molar-refractivity contribution is 0.103. The molecule has 1 aliphatic rings. The zero-order chi connectivity index (χ0) is 25.4. The molecule has 5 aromatic carbocycles. The normalized spacial score (nSPS) is 13.4. The fourth-order valence-electron chi connectivity index (χ4n) is 4.73. The van der Waals surface area contributed by atoms with Crippen molar-refractivity contribution >= 4 is 32.7 Å². The molecule has 0 amide bonds. The van der Waals surface area contributed by atoms with E-state index in [-0.39, 0.29) is 26.7 Å². The third-order valence-corrected chi connectivity index (χ3v) is 8.27. The Hall–Kier alpha value is -4.68.